The van der Waals surface area contributed by atoms with Crippen LogP contribution in [0.5, 0.6) is 0 Å². The Morgan fingerprint density at radius 2 is 0.544 bits per heavy atom. The van der Waals surface area contributed by atoms with Crippen LogP contribution in [0, 0.1) is 45.3 Å². The molecular formula is C94H129N19O12. The quantitative estimate of drug-likeness (QED) is 0.0122. The summed E-state index contributed by atoms with van der Waals surface area (Å²) >= 11 is 0. The van der Waals surface area contributed by atoms with Gasteiger partial charge in [-0.3, -0.25) is 74.4 Å². The van der Waals surface area contributed by atoms with Crippen molar-refractivity contribution >= 4 is 94.0 Å². The summed E-state index contributed by atoms with van der Waals surface area (Å²) in [6, 6.07) is 46.2. The Hall–Kier alpha value is -12.8. The summed E-state index contributed by atoms with van der Waals surface area (Å²) in [5.74, 6) is -11.3. The lowest BCUT2D eigenvalue weighted by Gasteiger charge is -2.28. The molecule has 0 aliphatic rings. The van der Waals surface area contributed by atoms with Crippen molar-refractivity contribution in [1.29, 1.82) is 21.6 Å². The van der Waals surface area contributed by atoms with Gasteiger partial charge < -0.3 is 86.2 Å². The molecular weight excluding hydrogens is 1590 g/mol. The van der Waals surface area contributed by atoms with Crippen LogP contribution in [-0.2, 0) is 96.1 Å². The van der Waals surface area contributed by atoms with Gasteiger partial charge in [-0.1, -0.05) is 188 Å². The van der Waals surface area contributed by atoms with Gasteiger partial charge in [0.25, 0.3) is 0 Å². The Bertz CT molecular complexity index is 4440. The molecule has 125 heavy (non-hydrogen) atoms. The molecule has 6 amide bonds. The lowest BCUT2D eigenvalue weighted by atomic mass is 9.88. The zero-order valence-electron chi connectivity index (χ0n) is 72.0. The number of nitrogens with one attached hydrogen (secondary N) is 15. The number of nitrogens with two attached hydrogens (primary N) is 4. The average Bonchev–Trinajstić information content (AvgIpc) is 0.851. The number of rotatable bonds is 62. The molecule has 672 valence electrons. The maximum atomic E-state index is 15.6. The van der Waals surface area contributed by atoms with Gasteiger partial charge in [0, 0.05) is 114 Å². The van der Waals surface area contributed by atoms with Crippen LogP contribution in [0.2, 0.25) is 0 Å². The van der Waals surface area contributed by atoms with Crippen molar-refractivity contribution < 1.29 is 57.5 Å². The number of likely N-dealkylation sites (N-methyl/N-ethyl adjacent to an activating group) is 1. The maximum absolute atomic E-state index is 15.6. The second-order valence-electron chi connectivity index (χ2n) is 31.9. The lowest BCUT2D eigenvalue weighted by molar-refractivity contribution is -0.136. The van der Waals surface area contributed by atoms with Gasteiger partial charge in [0.1, 0.15) is 23.7 Å². The van der Waals surface area contributed by atoms with E-state index in [-0.39, 0.29) is 151 Å². The highest BCUT2D eigenvalue weighted by atomic mass is 16.2. The van der Waals surface area contributed by atoms with Gasteiger partial charge in [-0.15, -0.1) is 0 Å². The first kappa shape index (κ1) is 101. The van der Waals surface area contributed by atoms with Crippen LogP contribution in [0.15, 0.2) is 182 Å². The number of Topliss-reactive ketones (excluding diaryl/α,β-unsaturated/α-hetero) is 6. The summed E-state index contributed by atoms with van der Waals surface area (Å²) in [7, 11) is 1.64. The van der Waals surface area contributed by atoms with E-state index in [0.717, 1.165) is 5.56 Å². The molecule has 0 saturated heterocycles. The van der Waals surface area contributed by atoms with Gasteiger partial charge in [-0.2, -0.15) is 0 Å². The summed E-state index contributed by atoms with van der Waals surface area (Å²) in [6.45, 7) is 2.51. The molecule has 6 rings (SSSR count). The third-order valence-corrected chi connectivity index (χ3v) is 21.6. The van der Waals surface area contributed by atoms with Gasteiger partial charge in [0.05, 0.1) is 24.2 Å². The van der Waals surface area contributed by atoms with Gasteiger partial charge in [0.2, 0.25) is 35.4 Å². The standard InChI is InChI=1S/C94H129N19O12/c1-63(114)29-24-44-74(115)43-22-9-23-48-104-85(120)70(42-25-49-105-91(95)96)59-84(119)78(56-67-36-16-6-17-37-67)111-86(121)72(54-65-32-12-4-13-33-65)61-82(117)76(46-27-51-107-93(99)100)109-90(125)80(58-69-40-20-8-21-41-69)113-88(123)73(55-66-34-14-5-15-35-66)62-83(118)77(47-28-52-108-94(101)102)110-89(124)79(57-68-38-18-7-19-39-68)112-87(122)71(53-64-30-10-3-11-31-64)60-81(116)75(103-2)45-26-50-106-92(97)98/h3-8,10-21,30-41,70-73,75-80,103H,9,22-29,42-62H2,1-2H3,(H,104,120)(H,109,125)(H,110,124)(H,111,121)(H,112,122)(H,113,123)(H4,95,96,105)(H4,97,98,106)(H4,99,100,107)(H4,101,102,108). The molecule has 0 aromatic heterocycles. The summed E-state index contributed by atoms with van der Waals surface area (Å²) in [6.07, 6.45) is 3.27. The molecule has 0 heterocycles. The fourth-order valence-corrected chi connectivity index (χ4v) is 14.9. The maximum Gasteiger partial charge on any atom is 0.243 e. The van der Waals surface area contributed by atoms with Crippen molar-refractivity contribution in [3.05, 3.63) is 215 Å². The van der Waals surface area contributed by atoms with Crippen molar-refractivity contribution in [3.63, 3.8) is 0 Å². The highest BCUT2D eigenvalue weighted by Crippen LogP contribution is 2.24. The Balaban J connectivity index is 1.31. The summed E-state index contributed by atoms with van der Waals surface area (Å²) < 4.78 is 0. The van der Waals surface area contributed by atoms with Crippen LogP contribution in [0.1, 0.15) is 162 Å². The number of ketones is 6. The minimum atomic E-state index is -1.44. The average molecular weight is 1720 g/mol. The van der Waals surface area contributed by atoms with Crippen molar-refractivity contribution in [3.8, 4) is 0 Å². The number of carbonyl (C=O) groups is 12. The van der Waals surface area contributed by atoms with Gasteiger partial charge >= 0.3 is 0 Å². The van der Waals surface area contributed by atoms with Crippen LogP contribution in [0.3, 0.4) is 0 Å². The zero-order chi connectivity index (χ0) is 90.7. The molecule has 31 nitrogen and oxygen atoms in total. The minimum Gasteiger partial charge on any atom is -0.370 e. The highest BCUT2D eigenvalue weighted by molar-refractivity contribution is 5.99. The SMILES string of the molecule is CNC(CCCNC(=N)N)C(=O)CC(Cc1ccccc1)C(=O)NC(Cc1ccccc1)C(=O)NC(CCCNC(=N)N)C(=O)CC(Cc1ccccc1)C(=O)NC(Cc1ccccc1)C(=O)NC(CCCNC(=N)N)C(=O)CC(Cc1ccccc1)C(=O)NC(Cc1ccccc1)C(=O)CC(CCCNC(=N)N)C(=O)NCCCCCC(=O)CCCC(C)=O. The zero-order valence-corrected chi connectivity index (χ0v) is 72.0. The second kappa shape index (κ2) is 56.8. The van der Waals surface area contributed by atoms with Crippen molar-refractivity contribution in [2.45, 2.75) is 204 Å². The van der Waals surface area contributed by atoms with Crippen molar-refractivity contribution in [2.24, 2.45) is 46.6 Å². The van der Waals surface area contributed by atoms with Crippen LogP contribution in [0.4, 0.5) is 0 Å². The van der Waals surface area contributed by atoms with E-state index in [1.165, 1.54) is 6.92 Å². The number of guanidine groups is 4. The van der Waals surface area contributed by atoms with E-state index in [9.17, 15) is 24.0 Å². The number of unbranched alkanes of at least 4 members (excludes halogenated alkanes) is 2. The molecule has 6 aromatic carbocycles. The molecule has 10 atom stereocenters. The lowest BCUT2D eigenvalue weighted by Crippen LogP contribution is -2.55. The molecule has 0 fully saturated rings. The topological polar surface area (TPSA) is 537 Å². The van der Waals surface area contributed by atoms with Crippen LogP contribution >= 0.6 is 0 Å². The summed E-state index contributed by atoms with van der Waals surface area (Å²) in [5, 5.41) is 62.8. The number of hydrogen-bond donors (Lipinski definition) is 19. The first-order chi connectivity index (χ1) is 60.1. The number of benzene rings is 6. The third kappa shape index (κ3) is 40.8. The minimum absolute atomic E-state index is 0.00248. The molecule has 0 saturated carbocycles. The van der Waals surface area contributed by atoms with E-state index in [2.05, 4.69) is 58.5 Å². The smallest absolute Gasteiger partial charge is 0.243 e. The number of carbonyl (C=O) groups excluding carboxylic acids is 12. The molecule has 10 unspecified atom stereocenters. The molecule has 0 spiro atoms. The van der Waals surface area contributed by atoms with E-state index in [1.54, 1.807) is 159 Å². The van der Waals surface area contributed by atoms with Crippen LogP contribution in [-0.4, -0.2) is 170 Å². The van der Waals surface area contributed by atoms with Crippen molar-refractivity contribution in [2.75, 3.05) is 39.8 Å². The Kier molecular flexibility index (Phi) is 45.9. The van der Waals surface area contributed by atoms with E-state index in [4.69, 9.17) is 44.6 Å². The van der Waals surface area contributed by atoms with Crippen molar-refractivity contribution in [1.82, 2.24) is 58.5 Å². The highest BCUT2D eigenvalue weighted by Gasteiger charge is 2.38. The van der Waals surface area contributed by atoms with Gasteiger partial charge in [-0.25, -0.2) is 0 Å². The predicted molar refractivity (Wildman–Crippen MR) is 483 cm³/mol. The third-order valence-electron chi connectivity index (χ3n) is 21.6. The largest absolute Gasteiger partial charge is 0.370 e. The van der Waals surface area contributed by atoms with Gasteiger partial charge in [0.15, 0.2) is 47.0 Å². The predicted octanol–water partition coefficient (Wildman–Crippen LogP) is 5.81. The van der Waals surface area contributed by atoms with Gasteiger partial charge in [-0.05, 0) is 144 Å². The van der Waals surface area contributed by atoms with E-state index >= 15 is 33.6 Å². The summed E-state index contributed by atoms with van der Waals surface area (Å²) in [4.78, 5) is 175. The molecule has 0 aliphatic carbocycles. The molecule has 31 heteroatoms. The summed E-state index contributed by atoms with van der Waals surface area (Å²) in [5.41, 5.74) is 26.5. The molecule has 23 N–H and O–H groups in total. The Morgan fingerprint density at radius 3 is 0.880 bits per heavy atom. The monoisotopic (exact) mass is 1720 g/mol. The molecule has 0 aliphatic heterocycles. The number of amides is 6. The molecule has 6 aromatic rings. The van der Waals surface area contributed by atoms with Crippen LogP contribution < -0.4 is 81.4 Å². The van der Waals surface area contributed by atoms with E-state index in [0.29, 0.717) is 98.6 Å². The Labute approximate surface area is 733 Å². The fraction of sp³-hybridized carbons (Fsp3) is 0.447. The Morgan fingerprint density at radius 1 is 0.272 bits per heavy atom. The normalized spacial score (nSPS) is 13.4. The fourth-order valence-electron chi connectivity index (χ4n) is 14.9. The van der Waals surface area contributed by atoms with Crippen LogP contribution in [0.25, 0.3) is 0 Å². The van der Waals surface area contributed by atoms with E-state index in [1.807, 2.05) is 30.3 Å². The first-order valence-corrected chi connectivity index (χ1v) is 43.3. The molecule has 0 radical (unpaired) electrons. The number of hydrogen-bond acceptors (Lipinski definition) is 17. The first-order valence-electron chi connectivity index (χ1n) is 43.3. The van der Waals surface area contributed by atoms with E-state index < -0.39 is 126 Å². The molecule has 0 bridgehead atoms. The second-order valence-corrected chi connectivity index (χ2v) is 31.9.